The Morgan fingerprint density at radius 2 is 2.08 bits per heavy atom. The fraction of sp³-hybridized carbons (Fsp3) is 0.706. The van der Waals surface area contributed by atoms with Crippen molar-refractivity contribution in [2.24, 2.45) is 17.6 Å². The van der Waals surface area contributed by atoms with Crippen molar-refractivity contribution in [2.75, 3.05) is 18.4 Å². The zero-order chi connectivity index (χ0) is 17.1. The predicted octanol–water partition coefficient (Wildman–Crippen LogP) is 1.68. The number of aromatic nitrogens is 1. The van der Waals surface area contributed by atoms with Crippen molar-refractivity contribution >= 4 is 17.6 Å². The largest absolute Gasteiger partial charge is 0.360 e. The Kier molecular flexibility index (Phi) is 5.18. The van der Waals surface area contributed by atoms with Gasteiger partial charge in [0.1, 0.15) is 5.76 Å². The van der Waals surface area contributed by atoms with Crippen molar-refractivity contribution < 1.29 is 14.1 Å². The molecule has 2 fully saturated rings. The van der Waals surface area contributed by atoms with Gasteiger partial charge in [-0.15, -0.1) is 0 Å². The van der Waals surface area contributed by atoms with E-state index in [1.54, 1.807) is 13.0 Å². The predicted molar refractivity (Wildman–Crippen MR) is 89.1 cm³/mol. The molecule has 1 aliphatic carbocycles. The van der Waals surface area contributed by atoms with Crippen LogP contribution in [0, 0.1) is 18.8 Å². The molecule has 132 valence electrons. The fourth-order valence-corrected chi connectivity index (χ4v) is 3.72. The van der Waals surface area contributed by atoms with Crippen LogP contribution in [0.15, 0.2) is 10.6 Å². The molecular formula is C17H26N4O3. The van der Waals surface area contributed by atoms with E-state index in [4.69, 9.17) is 10.3 Å². The van der Waals surface area contributed by atoms with E-state index in [0.717, 1.165) is 19.3 Å². The molecule has 0 unspecified atom stereocenters. The van der Waals surface area contributed by atoms with E-state index < -0.39 is 0 Å². The summed E-state index contributed by atoms with van der Waals surface area (Å²) in [5.74, 6) is 1.49. The van der Waals surface area contributed by atoms with Gasteiger partial charge in [-0.25, -0.2) is 0 Å². The number of likely N-dealkylation sites (tertiary alicyclic amines) is 1. The second-order valence-corrected chi connectivity index (χ2v) is 7.03. The number of piperidine rings is 1. The molecule has 1 aromatic heterocycles. The number of nitrogens with zero attached hydrogens (tertiary/aromatic N) is 2. The van der Waals surface area contributed by atoms with Gasteiger partial charge in [0.2, 0.25) is 11.8 Å². The van der Waals surface area contributed by atoms with Crippen LogP contribution in [-0.2, 0) is 9.59 Å². The fourth-order valence-electron chi connectivity index (χ4n) is 3.72. The molecule has 2 heterocycles. The van der Waals surface area contributed by atoms with Crippen molar-refractivity contribution in [3.8, 4) is 0 Å². The van der Waals surface area contributed by atoms with Crippen molar-refractivity contribution in [1.82, 2.24) is 10.1 Å². The Balaban J connectivity index is 1.44. The molecule has 7 nitrogen and oxygen atoms in total. The van der Waals surface area contributed by atoms with Gasteiger partial charge in [-0.1, -0.05) is 11.6 Å². The van der Waals surface area contributed by atoms with Gasteiger partial charge >= 0.3 is 0 Å². The lowest BCUT2D eigenvalue weighted by atomic mass is 9.94. The smallest absolute Gasteiger partial charge is 0.228 e. The minimum Gasteiger partial charge on any atom is -0.360 e. The summed E-state index contributed by atoms with van der Waals surface area (Å²) in [6.45, 7) is 3.05. The summed E-state index contributed by atoms with van der Waals surface area (Å²) in [5, 5.41) is 6.55. The SMILES string of the molecule is Cc1cc(NC(=O)C2CCN(C(=O)C[C@@H]3CCC[C@H]3N)CC2)no1. The number of hydrogen-bond acceptors (Lipinski definition) is 5. The first-order valence-corrected chi connectivity index (χ1v) is 8.80. The van der Waals surface area contributed by atoms with E-state index in [9.17, 15) is 9.59 Å². The molecule has 1 saturated carbocycles. The highest BCUT2D eigenvalue weighted by molar-refractivity contribution is 5.91. The Morgan fingerprint density at radius 3 is 2.67 bits per heavy atom. The summed E-state index contributed by atoms with van der Waals surface area (Å²) < 4.78 is 4.95. The van der Waals surface area contributed by atoms with Gasteiger partial charge < -0.3 is 20.5 Å². The molecular weight excluding hydrogens is 308 g/mol. The zero-order valence-corrected chi connectivity index (χ0v) is 14.2. The number of anilines is 1. The van der Waals surface area contributed by atoms with Crippen LogP contribution in [-0.4, -0.2) is 41.0 Å². The average Bonchev–Trinajstić information content (AvgIpc) is 3.16. The lowest BCUT2D eigenvalue weighted by Crippen LogP contribution is -2.42. The third-order valence-electron chi connectivity index (χ3n) is 5.25. The van der Waals surface area contributed by atoms with Crippen molar-refractivity contribution in [1.29, 1.82) is 0 Å². The van der Waals surface area contributed by atoms with Crippen LogP contribution in [0.5, 0.6) is 0 Å². The van der Waals surface area contributed by atoms with E-state index in [-0.39, 0.29) is 23.8 Å². The van der Waals surface area contributed by atoms with Crippen LogP contribution in [0.25, 0.3) is 0 Å². The highest BCUT2D eigenvalue weighted by Crippen LogP contribution is 2.28. The van der Waals surface area contributed by atoms with Crippen LogP contribution in [0.2, 0.25) is 0 Å². The first-order valence-electron chi connectivity index (χ1n) is 8.80. The van der Waals surface area contributed by atoms with Gasteiger partial charge in [0.25, 0.3) is 0 Å². The maximum atomic E-state index is 12.4. The molecule has 2 amide bonds. The molecule has 1 saturated heterocycles. The normalized spacial score (nSPS) is 25.0. The van der Waals surface area contributed by atoms with Crippen molar-refractivity contribution in [3.63, 3.8) is 0 Å². The number of hydrogen-bond donors (Lipinski definition) is 2. The summed E-state index contributed by atoms with van der Waals surface area (Å²) >= 11 is 0. The zero-order valence-electron chi connectivity index (χ0n) is 14.2. The standard InChI is InChI=1S/C17H26N4O3/c1-11-9-15(20-24-11)19-17(23)12-5-7-21(8-6-12)16(22)10-13-3-2-4-14(13)18/h9,12-14H,2-8,10,18H2,1H3,(H,19,20,23)/t13-,14+/m0/s1. The number of aryl methyl sites for hydroxylation is 1. The molecule has 0 radical (unpaired) electrons. The number of carbonyl (C=O) groups is 2. The lowest BCUT2D eigenvalue weighted by molar-refractivity contribution is -0.135. The average molecular weight is 334 g/mol. The third kappa shape index (κ3) is 3.95. The van der Waals surface area contributed by atoms with Crippen LogP contribution >= 0.6 is 0 Å². The van der Waals surface area contributed by atoms with Crippen LogP contribution in [0.4, 0.5) is 5.82 Å². The summed E-state index contributed by atoms with van der Waals surface area (Å²) in [6, 6.07) is 1.87. The van der Waals surface area contributed by atoms with Gasteiger partial charge in [0, 0.05) is 37.5 Å². The van der Waals surface area contributed by atoms with Gasteiger partial charge in [-0.2, -0.15) is 0 Å². The molecule has 0 bridgehead atoms. The number of nitrogens with one attached hydrogen (secondary N) is 1. The van der Waals surface area contributed by atoms with Crippen molar-refractivity contribution in [2.45, 2.75) is 51.5 Å². The Morgan fingerprint density at radius 1 is 1.33 bits per heavy atom. The second-order valence-electron chi connectivity index (χ2n) is 7.03. The Labute approximate surface area is 141 Å². The van der Waals surface area contributed by atoms with Gasteiger partial charge in [0.15, 0.2) is 5.82 Å². The summed E-state index contributed by atoms with van der Waals surface area (Å²) in [5.41, 5.74) is 6.06. The number of nitrogens with two attached hydrogens (primary N) is 1. The Bertz CT molecular complexity index is 592. The van der Waals surface area contributed by atoms with E-state index >= 15 is 0 Å². The quantitative estimate of drug-likeness (QED) is 0.872. The topological polar surface area (TPSA) is 101 Å². The Hall–Kier alpha value is -1.89. The third-order valence-corrected chi connectivity index (χ3v) is 5.25. The van der Waals surface area contributed by atoms with E-state index in [1.165, 1.54) is 0 Å². The molecule has 1 aromatic rings. The molecule has 2 atom stereocenters. The van der Waals surface area contributed by atoms with Crippen LogP contribution in [0.3, 0.4) is 0 Å². The summed E-state index contributed by atoms with van der Waals surface area (Å²) in [7, 11) is 0. The highest BCUT2D eigenvalue weighted by Gasteiger charge is 2.31. The molecule has 3 rings (SSSR count). The molecule has 2 aliphatic rings. The maximum absolute atomic E-state index is 12.4. The minimum atomic E-state index is -0.0835. The minimum absolute atomic E-state index is 0.0479. The van der Waals surface area contributed by atoms with Gasteiger partial charge in [0.05, 0.1) is 0 Å². The van der Waals surface area contributed by atoms with Crippen molar-refractivity contribution in [3.05, 3.63) is 11.8 Å². The second kappa shape index (κ2) is 7.34. The van der Waals surface area contributed by atoms with Gasteiger partial charge in [-0.05, 0) is 38.5 Å². The number of rotatable bonds is 4. The monoisotopic (exact) mass is 334 g/mol. The molecule has 24 heavy (non-hydrogen) atoms. The molecule has 3 N–H and O–H groups in total. The van der Waals surface area contributed by atoms with E-state index in [1.807, 2.05) is 4.90 Å². The lowest BCUT2D eigenvalue weighted by Gasteiger charge is -2.32. The van der Waals surface area contributed by atoms with Gasteiger partial charge in [-0.3, -0.25) is 9.59 Å². The summed E-state index contributed by atoms with van der Waals surface area (Å²) in [4.78, 5) is 26.6. The number of amides is 2. The molecule has 1 aliphatic heterocycles. The van der Waals surface area contributed by atoms with E-state index in [2.05, 4.69) is 10.5 Å². The van der Waals surface area contributed by atoms with Crippen LogP contribution in [0.1, 0.15) is 44.3 Å². The first-order chi connectivity index (χ1) is 11.5. The number of carbonyl (C=O) groups excluding carboxylic acids is 2. The molecule has 7 heteroatoms. The highest BCUT2D eigenvalue weighted by atomic mass is 16.5. The molecule has 0 aromatic carbocycles. The molecule has 0 spiro atoms. The summed E-state index contributed by atoms with van der Waals surface area (Å²) in [6.07, 6.45) is 5.14. The van der Waals surface area contributed by atoms with Crippen LogP contribution < -0.4 is 11.1 Å². The maximum Gasteiger partial charge on any atom is 0.228 e. The van der Waals surface area contributed by atoms with E-state index in [0.29, 0.717) is 49.8 Å². The first kappa shape index (κ1) is 17.0.